The van der Waals surface area contributed by atoms with Crippen LogP contribution in [0.4, 0.5) is 13.2 Å². The smallest absolute Gasteiger partial charge is 0.449 e. The fourth-order valence-corrected chi connectivity index (χ4v) is 4.68. The topological polar surface area (TPSA) is 76.0 Å². The second-order valence-electron chi connectivity index (χ2n) is 8.48. The Morgan fingerprint density at radius 3 is 1.82 bits per heavy atom. The number of carbonyl (C=O) groups excluding carboxylic acids is 1. The van der Waals surface area contributed by atoms with Gasteiger partial charge in [-0.25, -0.2) is 0 Å². The van der Waals surface area contributed by atoms with Gasteiger partial charge in [-0.3, -0.25) is 13.9 Å². The van der Waals surface area contributed by atoms with Gasteiger partial charge in [-0.1, -0.05) is 59.6 Å². The Hall–Kier alpha value is -2.27. The molecule has 0 atom stereocenters. The first-order valence-electron chi connectivity index (χ1n) is 11.6. The van der Waals surface area contributed by atoms with Gasteiger partial charge in [0, 0.05) is 16.5 Å². The third kappa shape index (κ3) is 9.80. The molecule has 0 aromatic heterocycles. The van der Waals surface area contributed by atoms with E-state index in [4.69, 9.17) is 32.7 Å². The number of aryl methyl sites for hydroxylation is 1. The highest BCUT2D eigenvalue weighted by molar-refractivity contribution is 8.24. The molecule has 0 saturated heterocycles. The van der Waals surface area contributed by atoms with Crippen molar-refractivity contribution < 1.29 is 36.5 Å². The molecular weight excluding hydrogens is 564 g/mol. The van der Waals surface area contributed by atoms with E-state index in [2.05, 4.69) is 0 Å². The van der Waals surface area contributed by atoms with Gasteiger partial charge in [0.2, 0.25) is 5.78 Å². The molecule has 11 heteroatoms. The van der Waals surface area contributed by atoms with E-state index in [9.17, 15) is 27.1 Å². The summed E-state index contributed by atoms with van der Waals surface area (Å²) in [6.07, 6.45) is -5.94. The van der Waals surface area contributed by atoms with Gasteiger partial charge < -0.3 is 9.47 Å². The zero-order chi connectivity index (χ0) is 27.8. The highest BCUT2D eigenvalue weighted by Gasteiger charge is 2.37. The molecule has 3 rings (SSSR count). The van der Waals surface area contributed by atoms with Gasteiger partial charge in [-0.2, -0.15) is 23.8 Å². The van der Waals surface area contributed by atoms with Gasteiger partial charge in [-0.15, -0.1) is 0 Å². The molecule has 0 heterocycles. The molecule has 0 fully saturated rings. The highest BCUT2D eigenvalue weighted by atomic mass is 35.5. The van der Waals surface area contributed by atoms with Crippen molar-refractivity contribution in [1.82, 2.24) is 0 Å². The average Bonchev–Trinajstić information content (AvgIpc) is 2.87. The summed E-state index contributed by atoms with van der Waals surface area (Å²) in [7, 11) is -3.00. The molecule has 0 aliphatic rings. The molecule has 3 aromatic carbocycles. The van der Waals surface area contributed by atoms with Crippen LogP contribution < -0.4 is 4.74 Å². The molecule has 0 aliphatic heterocycles. The Morgan fingerprint density at radius 1 is 0.816 bits per heavy atom. The van der Waals surface area contributed by atoms with E-state index in [-0.39, 0.29) is 31.1 Å². The van der Waals surface area contributed by atoms with Crippen LogP contribution in [0.15, 0.2) is 72.8 Å². The fraction of sp³-hybridized carbons (Fsp3) is 0.296. The molecule has 0 radical (unpaired) electrons. The first-order chi connectivity index (χ1) is 17.9. The Morgan fingerprint density at radius 2 is 1.32 bits per heavy atom. The highest BCUT2D eigenvalue weighted by Crippen LogP contribution is 2.38. The number of ether oxygens (including phenoxy) is 2. The summed E-state index contributed by atoms with van der Waals surface area (Å²) in [5, 5.41) is 1.17. The maximum Gasteiger partial charge on any atom is 0.449 e. The molecule has 0 spiro atoms. The number of benzene rings is 3. The van der Waals surface area contributed by atoms with Crippen LogP contribution in [0.1, 0.15) is 29.2 Å². The van der Waals surface area contributed by atoms with E-state index in [1.807, 2.05) is 24.3 Å². The van der Waals surface area contributed by atoms with Gasteiger partial charge in [0.1, 0.15) is 18.5 Å². The molecule has 206 valence electrons. The van der Waals surface area contributed by atoms with E-state index < -0.39 is 35.1 Å². The first-order valence-corrected chi connectivity index (χ1v) is 14.2. The normalized spacial score (nSPS) is 12.5. The average molecular weight is 591 g/mol. The van der Waals surface area contributed by atoms with Crippen LogP contribution in [0.2, 0.25) is 10.0 Å². The maximum absolute atomic E-state index is 12.3. The van der Waals surface area contributed by atoms with E-state index in [0.29, 0.717) is 21.4 Å². The van der Waals surface area contributed by atoms with Crippen molar-refractivity contribution in [2.75, 3.05) is 24.7 Å². The predicted molar refractivity (Wildman–Crippen MR) is 145 cm³/mol. The minimum absolute atomic E-state index is 0.000210. The Labute approximate surface area is 230 Å². The number of alkyl halides is 3. The van der Waals surface area contributed by atoms with E-state index in [0.717, 1.165) is 11.1 Å². The van der Waals surface area contributed by atoms with E-state index >= 15 is 0 Å². The standard InChI is InChI=1S/C27H27Cl2F3O5S/c28-22-8-4-20(5-9-22)26(21-6-10-23(29)11-7-21)37-16-18-38(34,35)17-15-36-24-12-1-19(2-13-24)3-14-25(33)27(30,31)32/h1-2,4-13,26,34-35H,3,14-18H2. The molecule has 0 bridgehead atoms. The molecule has 5 nitrogen and oxygen atoms in total. The number of Topliss-reactive ketones (excluding diaryl/α,β-unsaturated/α-hetero) is 1. The lowest BCUT2D eigenvalue weighted by atomic mass is 10.0. The Kier molecular flexibility index (Phi) is 10.9. The predicted octanol–water partition coefficient (Wildman–Crippen LogP) is 7.99. The molecule has 0 aliphatic carbocycles. The second kappa shape index (κ2) is 13.7. The number of hydrogen-bond donors (Lipinski definition) is 2. The summed E-state index contributed by atoms with van der Waals surface area (Å²) < 4.78 is 69.5. The van der Waals surface area contributed by atoms with E-state index in [1.165, 1.54) is 0 Å². The lowest BCUT2D eigenvalue weighted by molar-refractivity contribution is -0.171. The van der Waals surface area contributed by atoms with Crippen LogP contribution in [0.3, 0.4) is 0 Å². The summed E-state index contributed by atoms with van der Waals surface area (Å²) in [4.78, 5) is 11.0. The largest absolute Gasteiger partial charge is 0.492 e. The van der Waals surface area contributed by atoms with Crippen LogP contribution in [-0.2, 0) is 16.0 Å². The minimum Gasteiger partial charge on any atom is -0.492 e. The van der Waals surface area contributed by atoms with Crippen molar-refractivity contribution in [2.24, 2.45) is 0 Å². The van der Waals surface area contributed by atoms with Crippen molar-refractivity contribution in [1.29, 1.82) is 0 Å². The van der Waals surface area contributed by atoms with Crippen molar-refractivity contribution in [3.8, 4) is 5.75 Å². The third-order valence-corrected chi connectivity index (χ3v) is 7.74. The molecule has 0 saturated carbocycles. The van der Waals surface area contributed by atoms with Crippen LogP contribution >= 0.6 is 33.8 Å². The van der Waals surface area contributed by atoms with Crippen molar-refractivity contribution >= 4 is 39.6 Å². The molecule has 38 heavy (non-hydrogen) atoms. The molecule has 3 aromatic rings. The van der Waals surface area contributed by atoms with Crippen LogP contribution in [0, 0.1) is 0 Å². The fourth-order valence-electron chi connectivity index (χ4n) is 3.51. The number of hydrogen-bond acceptors (Lipinski definition) is 5. The lowest BCUT2D eigenvalue weighted by Crippen LogP contribution is -2.22. The zero-order valence-electron chi connectivity index (χ0n) is 20.2. The zero-order valence-corrected chi connectivity index (χ0v) is 22.5. The monoisotopic (exact) mass is 590 g/mol. The molecule has 0 amide bonds. The Balaban J connectivity index is 1.48. The summed E-state index contributed by atoms with van der Waals surface area (Å²) in [6.45, 7) is 0.0929. The molecule has 0 unspecified atom stereocenters. The quantitative estimate of drug-likeness (QED) is 0.211. The molecule has 2 N–H and O–H groups in total. The van der Waals surface area contributed by atoms with Gasteiger partial charge in [0.25, 0.3) is 0 Å². The van der Waals surface area contributed by atoms with Gasteiger partial charge >= 0.3 is 6.18 Å². The Bertz CT molecular complexity index is 1130. The van der Waals surface area contributed by atoms with Crippen LogP contribution in [0.5, 0.6) is 5.75 Å². The van der Waals surface area contributed by atoms with Crippen LogP contribution in [0.25, 0.3) is 0 Å². The van der Waals surface area contributed by atoms with Crippen LogP contribution in [-0.4, -0.2) is 45.8 Å². The summed E-state index contributed by atoms with van der Waals surface area (Å²) in [5.41, 5.74) is 2.26. The van der Waals surface area contributed by atoms with Gasteiger partial charge in [-0.05, 0) is 59.5 Å². The number of halogens is 5. The summed E-state index contributed by atoms with van der Waals surface area (Å²) in [5.74, 6) is -1.36. The first kappa shape index (κ1) is 30.3. The summed E-state index contributed by atoms with van der Waals surface area (Å²) >= 11 is 12.0. The lowest BCUT2D eigenvalue weighted by Gasteiger charge is -2.32. The van der Waals surface area contributed by atoms with Crippen molar-refractivity contribution in [3.05, 3.63) is 99.5 Å². The number of carbonyl (C=O) groups is 1. The maximum atomic E-state index is 12.3. The van der Waals surface area contributed by atoms with Gasteiger partial charge in [0.05, 0.1) is 18.1 Å². The summed E-state index contributed by atoms with van der Waals surface area (Å²) in [6, 6.07) is 20.6. The minimum atomic E-state index is -4.83. The SMILES string of the molecule is O=C(CCc1ccc(OCCS(O)(O)CCOC(c2ccc(Cl)cc2)c2ccc(Cl)cc2)cc1)C(F)(F)F. The van der Waals surface area contributed by atoms with Gasteiger partial charge in [0.15, 0.2) is 0 Å². The van der Waals surface area contributed by atoms with Crippen molar-refractivity contribution in [3.63, 3.8) is 0 Å². The molecular formula is C27H27Cl2F3O5S. The van der Waals surface area contributed by atoms with Crippen molar-refractivity contribution in [2.45, 2.75) is 25.1 Å². The second-order valence-corrected chi connectivity index (χ2v) is 11.8. The number of rotatable bonds is 13. The number of ketones is 1. The van der Waals surface area contributed by atoms with E-state index in [1.54, 1.807) is 48.5 Å². The third-order valence-electron chi connectivity index (χ3n) is 5.60.